The van der Waals surface area contributed by atoms with Crippen molar-refractivity contribution in [1.82, 2.24) is 0 Å². The largest absolute Gasteiger partial charge is 0.406 e. The average molecular weight is 179 g/mol. The molecule has 0 aromatic rings. The number of cyclic esters (lactones) is 1. The highest BCUT2D eigenvalue weighted by atomic mass is 16.6. The molecule has 0 aromatic heterocycles. The smallest absolute Gasteiger partial charge is 0.340 e. The highest BCUT2D eigenvalue weighted by Crippen LogP contribution is 2.38. The zero-order chi connectivity index (χ0) is 9.47. The van der Waals surface area contributed by atoms with Crippen molar-refractivity contribution >= 4 is 11.9 Å². The van der Waals surface area contributed by atoms with Gasteiger partial charge in [0, 0.05) is 5.57 Å². The number of hydrogen-bond donors (Lipinski definition) is 0. The topological polar surface area (TPSA) is 38.7 Å². The molecule has 0 bridgehead atoms. The lowest BCUT2D eigenvalue weighted by Crippen LogP contribution is -2.29. The number of carbonyl (C=O) groups is 1. The molecule has 0 saturated heterocycles. The first-order chi connectivity index (χ1) is 6.14. The van der Waals surface area contributed by atoms with E-state index in [1.165, 1.54) is 0 Å². The molecular formula is C10H13NO2. The Labute approximate surface area is 77.5 Å². The van der Waals surface area contributed by atoms with Gasteiger partial charge in [0.1, 0.15) is 0 Å². The molecule has 1 saturated carbocycles. The fraction of sp³-hybridized carbons (Fsp3) is 0.600. The van der Waals surface area contributed by atoms with Crippen molar-refractivity contribution in [3.8, 4) is 0 Å². The molecule has 1 heterocycles. The van der Waals surface area contributed by atoms with Crippen molar-refractivity contribution in [3.63, 3.8) is 0 Å². The van der Waals surface area contributed by atoms with E-state index < -0.39 is 5.54 Å². The van der Waals surface area contributed by atoms with Crippen LogP contribution in [0.3, 0.4) is 0 Å². The Balaban J connectivity index is 2.30. The van der Waals surface area contributed by atoms with Crippen molar-refractivity contribution in [3.05, 3.63) is 12.2 Å². The Hall–Kier alpha value is -1.12. The molecule has 13 heavy (non-hydrogen) atoms. The van der Waals surface area contributed by atoms with Crippen molar-refractivity contribution in [2.45, 2.75) is 38.1 Å². The number of hydrogen-bond acceptors (Lipinski definition) is 3. The van der Waals surface area contributed by atoms with Gasteiger partial charge in [-0.3, -0.25) is 0 Å². The van der Waals surface area contributed by atoms with Gasteiger partial charge in [0.2, 0.25) is 5.90 Å². The number of esters is 1. The van der Waals surface area contributed by atoms with Crippen LogP contribution in [0, 0.1) is 0 Å². The van der Waals surface area contributed by atoms with Crippen molar-refractivity contribution < 1.29 is 9.53 Å². The Kier molecular flexibility index (Phi) is 1.75. The molecule has 2 aliphatic rings. The van der Waals surface area contributed by atoms with E-state index in [-0.39, 0.29) is 5.97 Å². The van der Waals surface area contributed by atoms with Gasteiger partial charge in [-0.05, 0) is 19.8 Å². The van der Waals surface area contributed by atoms with Gasteiger partial charge in [0.15, 0.2) is 5.54 Å². The summed E-state index contributed by atoms with van der Waals surface area (Å²) in [6.45, 7) is 5.52. The monoisotopic (exact) mass is 179 g/mol. The Morgan fingerprint density at radius 3 is 2.62 bits per heavy atom. The van der Waals surface area contributed by atoms with Gasteiger partial charge in [-0.15, -0.1) is 0 Å². The first kappa shape index (κ1) is 8.48. The second kappa shape index (κ2) is 2.69. The first-order valence-corrected chi connectivity index (χ1v) is 4.62. The number of ether oxygens (including phenoxy) is 1. The molecular weight excluding hydrogens is 166 g/mol. The maximum absolute atomic E-state index is 11.5. The third-order valence-electron chi connectivity index (χ3n) is 2.68. The molecule has 0 N–H and O–H groups in total. The molecule has 1 aliphatic carbocycles. The van der Waals surface area contributed by atoms with Crippen LogP contribution in [0.2, 0.25) is 0 Å². The van der Waals surface area contributed by atoms with E-state index in [1.807, 2.05) is 0 Å². The summed E-state index contributed by atoms with van der Waals surface area (Å²) in [5.74, 6) is 0.259. The van der Waals surface area contributed by atoms with Crippen LogP contribution in [0.15, 0.2) is 17.1 Å². The molecule has 0 aromatic carbocycles. The maximum Gasteiger partial charge on any atom is 0.340 e. The van der Waals surface area contributed by atoms with E-state index in [1.54, 1.807) is 6.92 Å². The van der Waals surface area contributed by atoms with E-state index in [2.05, 4.69) is 11.6 Å². The molecule has 0 unspecified atom stereocenters. The summed E-state index contributed by atoms with van der Waals surface area (Å²) in [6, 6.07) is 0. The molecule has 0 amide bonds. The fourth-order valence-electron chi connectivity index (χ4n) is 1.90. The van der Waals surface area contributed by atoms with Crippen molar-refractivity contribution in [2.75, 3.05) is 0 Å². The zero-order valence-corrected chi connectivity index (χ0v) is 7.80. The minimum atomic E-state index is -0.533. The Bertz CT molecular complexity index is 298. The summed E-state index contributed by atoms with van der Waals surface area (Å²) in [5, 5.41) is 0. The van der Waals surface area contributed by atoms with Crippen LogP contribution in [0.25, 0.3) is 0 Å². The second-order valence-corrected chi connectivity index (χ2v) is 3.83. The summed E-state index contributed by atoms with van der Waals surface area (Å²) in [6.07, 6.45) is 3.81. The minimum Gasteiger partial charge on any atom is -0.406 e. The summed E-state index contributed by atoms with van der Waals surface area (Å²) in [5.41, 5.74) is 0.200. The van der Waals surface area contributed by atoms with E-state index in [0.29, 0.717) is 5.90 Å². The molecule has 70 valence electrons. The number of nitrogens with zero attached hydrogens (tertiary/aromatic N) is 1. The van der Waals surface area contributed by atoms with Gasteiger partial charge in [-0.25, -0.2) is 9.79 Å². The van der Waals surface area contributed by atoms with E-state index in [9.17, 15) is 4.79 Å². The lowest BCUT2D eigenvalue weighted by Gasteiger charge is -2.12. The Morgan fingerprint density at radius 2 is 2.15 bits per heavy atom. The van der Waals surface area contributed by atoms with E-state index in [0.717, 1.165) is 31.3 Å². The van der Waals surface area contributed by atoms with Crippen LogP contribution in [0.4, 0.5) is 0 Å². The maximum atomic E-state index is 11.5. The van der Waals surface area contributed by atoms with E-state index >= 15 is 0 Å². The molecule has 1 fully saturated rings. The van der Waals surface area contributed by atoms with Crippen LogP contribution in [-0.2, 0) is 9.53 Å². The molecule has 0 atom stereocenters. The molecule has 2 rings (SSSR count). The first-order valence-electron chi connectivity index (χ1n) is 4.62. The zero-order valence-electron chi connectivity index (χ0n) is 7.80. The summed E-state index contributed by atoms with van der Waals surface area (Å²) >= 11 is 0. The van der Waals surface area contributed by atoms with Crippen LogP contribution < -0.4 is 0 Å². The van der Waals surface area contributed by atoms with E-state index in [4.69, 9.17) is 4.74 Å². The summed E-state index contributed by atoms with van der Waals surface area (Å²) in [7, 11) is 0. The highest BCUT2D eigenvalue weighted by Gasteiger charge is 2.47. The predicted molar refractivity (Wildman–Crippen MR) is 49.5 cm³/mol. The minimum absolute atomic E-state index is 0.178. The molecule has 1 aliphatic heterocycles. The number of aliphatic imine (C=N–C) groups is 1. The molecule has 1 spiro atoms. The molecule has 0 radical (unpaired) electrons. The number of rotatable bonds is 1. The van der Waals surface area contributed by atoms with Gasteiger partial charge in [-0.1, -0.05) is 19.4 Å². The molecule has 3 heteroatoms. The lowest BCUT2D eigenvalue weighted by atomic mass is 10.00. The van der Waals surface area contributed by atoms with Crippen LogP contribution in [0.5, 0.6) is 0 Å². The second-order valence-electron chi connectivity index (χ2n) is 3.83. The van der Waals surface area contributed by atoms with Gasteiger partial charge < -0.3 is 4.74 Å². The van der Waals surface area contributed by atoms with Crippen LogP contribution in [-0.4, -0.2) is 17.4 Å². The van der Waals surface area contributed by atoms with Crippen molar-refractivity contribution in [1.29, 1.82) is 0 Å². The quantitative estimate of drug-likeness (QED) is 0.576. The van der Waals surface area contributed by atoms with Crippen molar-refractivity contribution in [2.24, 2.45) is 4.99 Å². The standard InChI is InChI=1S/C10H13NO2/c1-7(2)8-11-10(9(12)13-8)5-3-4-6-10/h1,3-6H2,2H3. The summed E-state index contributed by atoms with van der Waals surface area (Å²) in [4.78, 5) is 15.9. The fourth-order valence-corrected chi connectivity index (χ4v) is 1.90. The van der Waals surface area contributed by atoms with Crippen LogP contribution in [0.1, 0.15) is 32.6 Å². The van der Waals surface area contributed by atoms with Crippen LogP contribution >= 0.6 is 0 Å². The molecule has 3 nitrogen and oxygen atoms in total. The Morgan fingerprint density at radius 1 is 1.54 bits per heavy atom. The third-order valence-corrected chi connectivity index (χ3v) is 2.68. The van der Waals surface area contributed by atoms with Gasteiger partial charge in [-0.2, -0.15) is 0 Å². The summed E-state index contributed by atoms with van der Waals surface area (Å²) < 4.78 is 5.07. The highest BCUT2D eigenvalue weighted by molar-refractivity contribution is 6.07. The third kappa shape index (κ3) is 1.19. The normalized spacial score (nSPS) is 24.7. The van der Waals surface area contributed by atoms with Gasteiger partial charge in [0.05, 0.1) is 0 Å². The number of carbonyl (C=O) groups excluding carboxylic acids is 1. The lowest BCUT2D eigenvalue weighted by molar-refractivity contribution is -0.138. The predicted octanol–water partition coefficient (Wildman–Crippen LogP) is 1.83. The van der Waals surface area contributed by atoms with Gasteiger partial charge >= 0.3 is 5.97 Å². The average Bonchev–Trinajstić information content (AvgIpc) is 2.63. The van der Waals surface area contributed by atoms with Gasteiger partial charge in [0.25, 0.3) is 0 Å². The SMILES string of the molecule is C=C(C)C1=NC2(CCCC2)C(=O)O1.